The Kier molecular flexibility index (Phi) is 5.37. The van der Waals surface area contributed by atoms with Crippen molar-refractivity contribution < 1.29 is 28.7 Å². The summed E-state index contributed by atoms with van der Waals surface area (Å²) in [7, 11) is 0. The Hall–Kier alpha value is -3.10. The zero-order valence-electron chi connectivity index (χ0n) is 16.0. The van der Waals surface area contributed by atoms with Gasteiger partial charge in [0.15, 0.2) is 11.5 Å². The number of fused-ring (bicyclic) bond motifs is 1. The lowest BCUT2D eigenvalue weighted by atomic mass is 9.94. The maximum absolute atomic E-state index is 12.6. The van der Waals surface area contributed by atoms with E-state index in [1.54, 1.807) is 12.1 Å². The third-order valence-electron chi connectivity index (χ3n) is 5.42. The number of urea groups is 1. The van der Waals surface area contributed by atoms with Crippen molar-refractivity contribution in [2.24, 2.45) is 0 Å². The van der Waals surface area contributed by atoms with E-state index in [0.717, 1.165) is 29.1 Å². The maximum atomic E-state index is 12.6. The van der Waals surface area contributed by atoms with Crippen LogP contribution in [0.2, 0.25) is 0 Å². The molecule has 9 nitrogen and oxygen atoms in total. The largest absolute Gasteiger partial charge is 0.486 e. The van der Waals surface area contributed by atoms with E-state index < -0.39 is 30.3 Å². The number of carbonyl (C=O) groups excluding carboxylic acids is 4. The van der Waals surface area contributed by atoms with E-state index in [-0.39, 0.29) is 25.3 Å². The van der Waals surface area contributed by atoms with Crippen LogP contribution < -0.4 is 14.8 Å². The number of para-hydroxylation sites is 2. The fourth-order valence-electron chi connectivity index (χ4n) is 3.91. The van der Waals surface area contributed by atoms with Crippen LogP contribution in [0.3, 0.4) is 0 Å². The second-order valence-corrected chi connectivity index (χ2v) is 7.44. The van der Waals surface area contributed by atoms with Crippen LogP contribution in [-0.2, 0) is 14.4 Å². The highest BCUT2D eigenvalue weighted by Crippen LogP contribution is 2.30. The van der Waals surface area contributed by atoms with Crippen molar-refractivity contribution in [2.45, 2.75) is 44.2 Å². The SMILES string of the molecule is O=C(CN1C(=O)C(=O)N(C2CCCCC2)C1=O)NCC1COc2ccccc2O1. The number of nitrogens with zero attached hydrogens (tertiary/aromatic N) is 2. The minimum Gasteiger partial charge on any atom is -0.486 e. The number of hydrogen-bond donors (Lipinski definition) is 1. The van der Waals surface area contributed by atoms with Crippen molar-refractivity contribution in [3.8, 4) is 11.5 Å². The molecule has 1 N–H and O–H groups in total. The molecule has 0 aromatic heterocycles. The van der Waals surface area contributed by atoms with Crippen LogP contribution in [0.15, 0.2) is 24.3 Å². The zero-order chi connectivity index (χ0) is 20.4. The molecule has 3 aliphatic rings. The molecule has 1 aliphatic carbocycles. The third kappa shape index (κ3) is 3.90. The fourth-order valence-corrected chi connectivity index (χ4v) is 3.91. The molecule has 1 unspecified atom stereocenters. The predicted octanol–water partition coefficient (Wildman–Crippen LogP) is 1.07. The average molecular weight is 401 g/mol. The summed E-state index contributed by atoms with van der Waals surface area (Å²) >= 11 is 0. The summed E-state index contributed by atoms with van der Waals surface area (Å²) in [5.74, 6) is -1.08. The number of benzene rings is 1. The molecule has 9 heteroatoms. The van der Waals surface area contributed by atoms with E-state index in [2.05, 4.69) is 5.32 Å². The smallest absolute Gasteiger partial charge is 0.334 e. The summed E-state index contributed by atoms with van der Waals surface area (Å²) < 4.78 is 11.3. The maximum Gasteiger partial charge on any atom is 0.334 e. The molecule has 1 aromatic rings. The number of carbonyl (C=O) groups is 4. The second-order valence-electron chi connectivity index (χ2n) is 7.44. The van der Waals surface area contributed by atoms with Gasteiger partial charge in [0.05, 0.1) is 6.54 Å². The van der Waals surface area contributed by atoms with Gasteiger partial charge in [0.1, 0.15) is 19.3 Å². The molecule has 1 saturated heterocycles. The Labute approximate surface area is 167 Å². The molecule has 2 aliphatic heterocycles. The highest BCUT2D eigenvalue weighted by Gasteiger charge is 2.48. The van der Waals surface area contributed by atoms with Gasteiger partial charge in [0, 0.05) is 6.04 Å². The molecule has 1 atom stereocenters. The lowest BCUT2D eigenvalue weighted by molar-refractivity contribution is -0.144. The lowest BCUT2D eigenvalue weighted by Crippen LogP contribution is -2.46. The first-order valence-corrected chi connectivity index (χ1v) is 9.89. The van der Waals surface area contributed by atoms with Gasteiger partial charge in [-0.15, -0.1) is 0 Å². The number of ether oxygens (including phenoxy) is 2. The lowest BCUT2D eigenvalue weighted by Gasteiger charge is -2.28. The van der Waals surface area contributed by atoms with Gasteiger partial charge >= 0.3 is 17.8 Å². The summed E-state index contributed by atoms with van der Waals surface area (Å²) in [6.45, 7) is -0.0622. The topological polar surface area (TPSA) is 105 Å². The van der Waals surface area contributed by atoms with E-state index in [4.69, 9.17) is 9.47 Å². The molecule has 1 aromatic carbocycles. The van der Waals surface area contributed by atoms with Crippen molar-refractivity contribution in [1.82, 2.24) is 15.1 Å². The standard InChI is InChI=1S/C20H23N3O6/c24-17(21-10-14-12-28-15-8-4-5-9-16(15)29-14)11-22-18(25)19(26)23(20(22)27)13-6-2-1-3-7-13/h4-5,8-9,13-14H,1-3,6-7,10-12H2,(H,21,24). The monoisotopic (exact) mass is 401 g/mol. The van der Waals surface area contributed by atoms with Gasteiger partial charge in [-0.3, -0.25) is 19.3 Å². The summed E-state index contributed by atoms with van der Waals surface area (Å²) in [4.78, 5) is 51.1. The van der Waals surface area contributed by atoms with Gasteiger partial charge in [0.2, 0.25) is 5.91 Å². The minimum absolute atomic E-state index is 0.156. The van der Waals surface area contributed by atoms with Crippen LogP contribution >= 0.6 is 0 Å². The average Bonchev–Trinajstić information content (AvgIpc) is 2.96. The molecule has 2 heterocycles. The predicted molar refractivity (Wildman–Crippen MR) is 100 cm³/mol. The Balaban J connectivity index is 1.31. The Morgan fingerprint density at radius 1 is 1.03 bits per heavy atom. The Bertz CT molecular complexity index is 835. The molecule has 4 rings (SSSR count). The molecule has 5 amide bonds. The molecular formula is C20H23N3O6. The molecule has 2 fully saturated rings. The van der Waals surface area contributed by atoms with E-state index in [9.17, 15) is 19.2 Å². The van der Waals surface area contributed by atoms with Crippen LogP contribution in [-0.4, -0.2) is 65.4 Å². The van der Waals surface area contributed by atoms with Crippen LogP contribution in [0.5, 0.6) is 11.5 Å². The molecule has 0 radical (unpaired) electrons. The quantitative estimate of drug-likeness (QED) is 0.584. The highest BCUT2D eigenvalue weighted by molar-refractivity contribution is 6.45. The van der Waals surface area contributed by atoms with Crippen molar-refractivity contribution in [3.63, 3.8) is 0 Å². The van der Waals surface area contributed by atoms with E-state index >= 15 is 0 Å². The van der Waals surface area contributed by atoms with Crippen molar-refractivity contribution >= 4 is 23.8 Å². The van der Waals surface area contributed by atoms with Crippen molar-refractivity contribution in [3.05, 3.63) is 24.3 Å². The first-order valence-electron chi connectivity index (χ1n) is 9.89. The molecule has 29 heavy (non-hydrogen) atoms. The van der Waals surface area contributed by atoms with E-state index in [1.165, 1.54) is 0 Å². The fraction of sp³-hybridized carbons (Fsp3) is 0.500. The molecule has 0 spiro atoms. The summed E-state index contributed by atoms with van der Waals surface area (Å²) in [6.07, 6.45) is 3.91. The van der Waals surface area contributed by atoms with Gasteiger partial charge in [-0.25, -0.2) is 9.69 Å². The third-order valence-corrected chi connectivity index (χ3v) is 5.42. The number of rotatable bonds is 5. The second kappa shape index (κ2) is 8.10. The molecule has 154 valence electrons. The van der Waals surface area contributed by atoms with Gasteiger partial charge in [-0.1, -0.05) is 31.4 Å². The van der Waals surface area contributed by atoms with Crippen LogP contribution in [0.25, 0.3) is 0 Å². The Morgan fingerprint density at radius 3 is 2.52 bits per heavy atom. The minimum atomic E-state index is -0.943. The Morgan fingerprint density at radius 2 is 1.76 bits per heavy atom. The van der Waals surface area contributed by atoms with Crippen molar-refractivity contribution in [1.29, 1.82) is 0 Å². The normalized spacial score (nSPS) is 22.2. The first-order chi connectivity index (χ1) is 14.0. The van der Waals surface area contributed by atoms with Gasteiger partial charge in [-0.2, -0.15) is 0 Å². The first kappa shape index (κ1) is 19.2. The highest BCUT2D eigenvalue weighted by atomic mass is 16.6. The number of imide groups is 2. The number of amides is 5. The van der Waals surface area contributed by atoms with Gasteiger partial charge in [-0.05, 0) is 25.0 Å². The number of hydrogen-bond acceptors (Lipinski definition) is 6. The number of nitrogens with one attached hydrogen (secondary N) is 1. The molecule has 1 saturated carbocycles. The van der Waals surface area contributed by atoms with Crippen LogP contribution in [0, 0.1) is 0 Å². The molecular weight excluding hydrogens is 378 g/mol. The summed E-state index contributed by atoms with van der Waals surface area (Å²) in [5, 5.41) is 2.64. The van der Waals surface area contributed by atoms with Gasteiger partial charge in [0.25, 0.3) is 0 Å². The van der Waals surface area contributed by atoms with Crippen LogP contribution in [0.1, 0.15) is 32.1 Å². The van der Waals surface area contributed by atoms with Gasteiger partial charge < -0.3 is 14.8 Å². The summed E-state index contributed by atoms with van der Waals surface area (Å²) in [6, 6.07) is 6.27. The zero-order valence-corrected chi connectivity index (χ0v) is 16.0. The van der Waals surface area contributed by atoms with Crippen LogP contribution in [0.4, 0.5) is 4.79 Å². The van der Waals surface area contributed by atoms with E-state index in [0.29, 0.717) is 24.3 Å². The van der Waals surface area contributed by atoms with E-state index in [1.807, 2.05) is 12.1 Å². The molecule has 0 bridgehead atoms. The summed E-state index contributed by atoms with van der Waals surface area (Å²) in [5.41, 5.74) is 0. The van der Waals surface area contributed by atoms with Crippen molar-refractivity contribution in [2.75, 3.05) is 19.7 Å².